The molecule has 3 heterocycles. The number of sulfonamides is 1. The molecule has 7 heteroatoms. The maximum atomic E-state index is 11.8. The normalized spacial score (nSPS) is 34.5. The van der Waals surface area contributed by atoms with Gasteiger partial charge in [0, 0.05) is 23.7 Å². The molecule has 6 nitrogen and oxygen atoms in total. The molecule has 150 valence electrons. The highest BCUT2D eigenvalue weighted by atomic mass is 32.2. The van der Waals surface area contributed by atoms with Gasteiger partial charge >= 0.3 is 0 Å². The first kappa shape index (κ1) is 19.2. The van der Waals surface area contributed by atoms with Crippen LogP contribution in [0.4, 0.5) is 0 Å². The fourth-order valence-corrected chi connectivity index (χ4v) is 5.89. The van der Waals surface area contributed by atoms with Gasteiger partial charge in [-0.15, -0.1) is 0 Å². The van der Waals surface area contributed by atoms with E-state index in [9.17, 15) is 8.42 Å². The summed E-state index contributed by atoms with van der Waals surface area (Å²) in [6, 6.07) is 4.06. The molecule has 2 bridgehead atoms. The summed E-state index contributed by atoms with van der Waals surface area (Å²) in [5.41, 5.74) is 1.22. The summed E-state index contributed by atoms with van der Waals surface area (Å²) in [5.74, 6) is 1.66. The van der Waals surface area contributed by atoms with Gasteiger partial charge in [-0.25, -0.2) is 18.1 Å². The monoisotopic (exact) mass is 394 g/mol. The Hall–Kier alpha value is -1.18. The first-order chi connectivity index (χ1) is 13.0. The van der Waals surface area contributed by atoms with E-state index < -0.39 is 10.0 Å². The quantitative estimate of drug-likeness (QED) is 0.835. The zero-order valence-electron chi connectivity index (χ0n) is 16.0. The molecule has 1 N–H and O–H groups in total. The van der Waals surface area contributed by atoms with Crippen molar-refractivity contribution in [2.45, 2.75) is 63.0 Å². The fourth-order valence-electron chi connectivity index (χ4n) is 5.05. The molecule has 4 aliphatic rings. The minimum absolute atomic E-state index is 0.0789. The van der Waals surface area contributed by atoms with Crippen molar-refractivity contribution in [2.24, 2.45) is 11.8 Å². The molecule has 0 amide bonds. The molecule has 1 unspecified atom stereocenters. The molecule has 2 aliphatic heterocycles. The zero-order chi connectivity index (χ0) is 18.9. The fraction of sp³-hybridized carbons (Fsp3) is 0.750. The average molecular weight is 395 g/mol. The van der Waals surface area contributed by atoms with Crippen molar-refractivity contribution >= 4 is 10.0 Å². The van der Waals surface area contributed by atoms with E-state index in [1.54, 1.807) is 6.20 Å². The number of hydrogen-bond donors (Lipinski definition) is 1. The first-order valence-corrected chi connectivity index (χ1v) is 12.1. The lowest BCUT2D eigenvalue weighted by Crippen LogP contribution is -2.48. The van der Waals surface area contributed by atoms with Crippen LogP contribution in [0, 0.1) is 11.8 Å². The third kappa shape index (κ3) is 4.63. The van der Waals surface area contributed by atoms with E-state index in [4.69, 9.17) is 9.47 Å². The second kappa shape index (κ2) is 8.05. The maximum absolute atomic E-state index is 11.8. The molecule has 1 aromatic heterocycles. The van der Waals surface area contributed by atoms with Crippen molar-refractivity contribution in [3.63, 3.8) is 0 Å². The topological polar surface area (TPSA) is 77.5 Å². The van der Waals surface area contributed by atoms with Gasteiger partial charge in [0.1, 0.15) is 0 Å². The summed E-state index contributed by atoms with van der Waals surface area (Å²) in [4.78, 5) is 4.51. The number of fused-ring (bicyclic) bond motifs is 4. The Morgan fingerprint density at radius 3 is 2.70 bits per heavy atom. The molecule has 0 spiro atoms. The van der Waals surface area contributed by atoms with Crippen LogP contribution < -0.4 is 9.46 Å². The van der Waals surface area contributed by atoms with E-state index in [0.717, 1.165) is 50.8 Å². The third-order valence-electron chi connectivity index (χ3n) is 6.45. The lowest BCUT2D eigenvalue weighted by molar-refractivity contribution is -0.0302. The Labute approximate surface area is 162 Å². The second-order valence-corrected chi connectivity index (χ2v) is 10.1. The number of pyridine rings is 1. The van der Waals surface area contributed by atoms with E-state index in [0.29, 0.717) is 19.1 Å². The highest BCUT2D eigenvalue weighted by molar-refractivity contribution is 7.88. The van der Waals surface area contributed by atoms with Crippen LogP contribution in [-0.2, 0) is 14.8 Å². The Morgan fingerprint density at radius 2 is 1.93 bits per heavy atom. The Kier molecular flexibility index (Phi) is 5.71. The predicted octanol–water partition coefficient (Wildman–Crippen LogP) is 2.85. The summed E-state index contributed by atoms with van der Waals surface area (Å²) in [5, 5.41) is 0. The molecule has 0 aromatic carbocycles. The minimum Gasteiger partial charge on any atom is -0.477 e. The van der Waals surface area contributed by atoms with Gasteiger partial charge in [0.15, 0.2) is 0 Å². The smallest absolute Gasteiger partial charge is 0.216 e. The van der Waals surface area contributed by atoms with Gasteiger partial charge in [-0.1, -0.05) is 12.5 Å². The van der Waals surface area contributed by atoms with Gasteiger partial charge in [-0.3, -0.25) is 0 Å². The minimum atomic E-state index is -3.24. The van der Waals surface area contributed by atoms with Crippen molar-refractivity contribution in [1.29, 1.82) is 0 Å². The van der Waals surface area contributed by atoms with Crippen molar-refractivity contribution in [1.82, 2.24) is 9.71 Å². The molecule has 5 rings (SSSR count). The second-order valence-electron chi connectivity index (χ2n) is 8.37. The summed E-state index contributed by atoms with van der Waals surface area (Å²) in [7, 11) is -3.24. The standard InChI is InChI=1S/C20H30N2O4S/c1-27(23,24)22-19-6-2-4-15-12-26-20-17(5-3-11-21-20)14-7-9-16(10-8-14)25-13-18(15)19/h3,5,11,14-16,18-19,22H,2,4,6-10,12-13H2,1H3/t14?,15?,16?,18-,19+/m1/s1. The molecule has 3 atom stereocenters. The molecular formula is C20H30N2O4S. The van der Waals surface area contributed by atoms with Gasteiger partial charge < -0.3 is 9.47 Å². The number of nitrogens with zero attached hydrogens (tertiary/aromatic N) is 1. The van der Waals surface area contributed by atoms with Crippen molar-refractivity contribution < 1.29 is 17.9 Å². The molecule has 0 saturated heterocycles. The van der Waals surface area contributed by atoms with Gasteiger partial charge in [-0.05, 0) is 56.4 Å². The molecular weight excluding hydrogens is 364 g/mol. The lowest BCUT2D eigenvalue weighted by Gasteiger charge is -2.40. The molecule has 0 radical (unpaired) electrons. The van der Waals surface area contributed by atoms with E-state index in [2.05, 4.69) is 15.8 Å². The highest BCUT2D eigenvalue weighted by Crippen LogP contribution is 2.40. The van der Waals surface area contributed by atoms with Gasteiger partial charge in [0.25, 0.3) is 0 Å². The van der Waals surface area contributed by atoms with Crippen LogP contribution in [0.1, 0.15) is 56.4 Å². The summed E-state index contributed by atoms with van der Waals surface area (Å²) >= 11 is 0. The van der Waals surface area contributed by atoms with Gasteiger partial charge in [0.2, 0.25) is 15.9 Å². The highest BCUT2D eigenvalue weighted by Gasteiger charge is 2.37. The van der Waals surface area contributed by atoms with Crippen molar-refractivity contribution in [3.8, 4) is 5.88 Å². The van der Waals surface area contributed by atoms with Crippen LogP contribution in [-0.4, -0.2) is 45.0 Å². The Balaban J connectivity index is 1.60. The van der Waals surface area contributed by atoms with E-state index in [-0.39, 0.29) is 24.0 Å². The van der Waals surface area contributed by atoms with Gasteiger partial charge in [0.05, 0.1) is 25.6 Å². The van der Waals surface area contributed by atoms with E-state index >= 15 is 0 Å². The molecule has 2 saturated carbocycles. The molecule has 1 aromatic rings. The van der Waals surface area contributed by atoms with Crippen LogP contribution in [0.3, 0.4) is 0 Å². The van der Waals surface area contributed by atoms with Crippen LogP contribution in [0.2, 0.25) is 0 Å². The maximum Gasteiger partial charge on any atom is 0.216 e. The average Bonchev–Trinajstić information content (AvgIpc) is 2.64. The largest absolute Gasteiger partial charge is 0.477 e. The van der Waals surface area contributed by atoms with Crippen molar-refractivity contribution in [3.05, 3.63) is 23.9 Å². The Morgan fingerprint density at radius 1 is 1.11 bits per heavy atom. The number of nitrogens with one attached hydrogen (secondary N) is 1. The van der Waals surface area contributed by atoms with Crippen molar-refractivity contribution in [2.75, 3.05) is 19.5 Å². The summed E-state index contributed by atoms with van der Waals surface area (Å²) in [6.07, 6.45) is 10.5. The zero-order valence-corrected chi connectivity index (χ0v) is 16.8. The van der Waals surface area contributed by atoms with Gasteiger partial charge in [-0.2, -0.15) is 0 Å². The Bertz CT molecular complexity index is 746. The summed E-state index contributed by atoms with van der Waals surface area (Å²) < 4.78 is 39.1. The third-order valence-corrected chi connectivity index (χ3v) is 7.18. The van der Waals surface area contributed by atoms with Crippen LogP contribution in [0.5, 0.6) is 5.88 Å². The SMILES string of the molecule is CS(=O)(=O)N[C@H]1CCCC2COc3ncccc3C3CCC(CC3)OC[C@H]21. The number of hydrogen-bond acceptors (Lipinski definition) is 5. The number of aromatic nitrogens is 1. The number of rotatable bonds is 2. The number of ether oxygens (including phenoxy) is 2. The summed E-state index contributed by atoms with van der Waals surface area (Å²) in [6.45, 7) is 1.17. The lowest BCUT2D eigenvalue weighted by atomic mass is 9.76. The molecule has 2 aliphatic carbocycles. The van der Waals surface area contributed by atoms with E-state index in [1.165, 1.54) is 11.8 Å². The van der Waals surface area contributed by atoms with Crippen LogP contribution in [0.25, 0.3) is 0 Å². The first-order valence-electron chi connectivity index (χ1n) is 10.2. The van der Waals surface area contributed by atoms with E-state index in [1.807, 2.05) is 6.07 Å². The molecule has 2 fully saturated rings. The molecule has 27 heavy (non-hydrogen) atoms. The van der Waals surface area contributed by atoms with Crippen LogP contribution >= 0.6 is 0 Å². The predicted molar refractivity (Wildman–Crippen MR) is 103 cm³/mol. The van der Waals surface area contributed by atoms with Crippen LogP contribution in [0.15, 0.2) is 18.3 Å².